The Morgan fingerprint density at radius 1 is 1.16 bits per heavy atom. The van der Waals surface area contributed by atoms with Gasteiger partial charge in [-0.3, -0.25) is 19.3 Å². The zero-order valence-corrected chi connectivity index (χ0v) is 14.9. The van der Waals surface area contributed by atoms with Crippen LogP contribution in [0.15, 0.2) is 24.3 Å². The molecule has 0 spiro atoms. The lowest BCUT2D eigenvalue weighted by atomic mass is 10.1. The van der Waals surface area contributed by atoms with Crippen molar-refractivity contribution >= 4 is 35.4 Å². The zero-order chi connectivity index (χ0) is 18.6. The zero-order valence-electron chi connectivity index (χ0n) is 14.1. The van der Waals surface area contributed by atoms with Gasteiger partial charge in [0.15, 0.2) is 0 Å². The van der Waals surface area contributed by atoms with E-state index in [1.165, 1.54) is 0 Å². The Labute approximate surface area is 150 Å². The van der Waals surface area contributed by atoms with Gasteiger partial charge in [-0.25, -0.2) is 9.69 Å². The molecule has 1 aliphatic rings. The maximum atomic E-state index is 12.2. The highest BCUT2D eigenvalue weighted by atomic mass is 35.5. The van der Waals surface area contributed by atoms with Gasteiger partial charge in [0.1, 0.15) is 6.54 Å². The van der Waals surface area contributed by atoms with E-state index >= 15 is 0 Å². The van der Waals surface area contributed by atoms with Crippen molar-refractivity contribution < 1.29 is 19.2 Å². The van der Waals surface area contributed by atoms with E-state index < -0.39 is 36.3 Å². The summed E-state index contributed by atoms with van der Waals surface area (Å²) in [5.41, 5.74) is 0.720. The Bertz CT molecular complexity index is 707. The van der Waals surface area contributed by atoms with Crippen molar-refractivity contribution in [3.63, 3.8) is 0 Å². The number of carbonyl (C=O) groups excluding carboxylic acids is 4. The van der Waals surface area contributed by atoms with Crippen LogP contribution in [-0.2, 0) is 14.4 Å². The van der Waals surface area contributed by atoms with E-state index in [1.807, 2.05) is 6.92 Å². The van der Waals surface area contributed by atoms with Crippen LogP contribution in [0.4, 0.5) is 4.79 Å². The van der Waals surface area contributed by atoms with E-state index in [9.17, 15) is 19.2 Å². The molecule has 1 saturated heterocycles. The lowest BCUT2D eigenvalue weighted by Crippen LogP contribution is -2.42. The van der Waals surface area contributed by atoms with Gasteiger partial charge in [0, 0.05) is 11.6 Å². The number of hydrogen-bond acceptors (Lipinski definition) is 4. The van der Waals surface area contributed by atoms with Gasteiger partial charge in [0.2, 0.25) is 5.91 Å². The van der Waals surface area contributed by atoms with E-state index in [4.69, 9.17) is 11.6 Å². The summed E-state index contributed by atoms with van der Waals surface area (Å²) in [6.07, 6.45) is 1.38. The number of rotatable bonds is 7. The van der Waals surface area contributed by atoms with Gasteiger partial charge in [-0.1, -0.05) is 43.1 Å². The van der Waals surface area contributed by atoms with Crippen molar-refractivity contribution in [2.24, 2.45) is 0 Å². The average molecular weight is 366 g/mol. The molecule has 7 nitrogen and oxygen atoms in total. The second-order valence-corrected chi connectivity index (χ2v) is 6.20. The third kappa shape index (κ3) is 4.17. The number of carbonyl (C=O) groups is 4. The summed E-state index contributed by atoms with van der Waals surface area (Å²) in [5, 5.41) is 3.18. The Morgan fingerprint density at radius 2 is 1.80 bits per heavy atom. The monoisotopic (exact) mass is 365 g/mol. The predicted octanol–water partition coefficient (Wildman–Crippen LogP) is 2.11. The van der Waals surface area contributed by atoms with Gasteiger partial charge >= 0.3 is 17.8 Å². The molecule has 1 atom stereocenters. The van der Waals surface area contributed by atoms with Crippen LogP contribution in [0.1, 0.15) is 38.3 Å². The van der Waals surface area contributed by atoms with E-state index in [2.05, 4.69) is 5.32 Å². The fourth-order valence-electron chi connectivity index (χ4n) is 2.54. The van der Waals surface area contributed by atoms with E-state index in [1.54, 1.807) is 31.2 Å². The van der Waals surface area contributed by atoms with Crippen molar-refractivity contribution in [2.75, 3.05) is 13.1 Å². The molecule has 25 heavy (non-hydrogen) atoms. The summed E-state index contributed by atoms with van der Waals surface area (Å²) in [6, 6.07) is 5.90. The molecule has 0 saturated carbocycles. The smallest absolute Gasteiger partial charge is 0.334 e. The fraction of sp³-hybridized carbons (Fsp3) is 0.412. The minimum atomic E-state index is -0.971. The first-order chi connectivity index (χ1) is 11.9. The molecule has 1 fully saturated rings. The first-order valence-electron chi connectivity index (χ1n) is 8.08. The highest BCUT2D eigenvalue weighted by molar-refractivity contribution is 6.45. The molecule has 0 bridgehead atoms. The van der Waals surface area contributed by atoms with E-state index in [0.29, 0.717) is 16.3 Å². The molecule has 2 rings (SSSR count). The van der Waals surface area contributed by atoms with Gasteiger partial charge in [0.05, 0.1) is 6.04 Å². The van der Waals surface area contributed by atoms with Crippen molar-refractivity contribution in [3.8, 4) is 0 Å². The number of benzene rings is 1. The van der Waals surface area contributed by atoms with Crippen LogP contribution < -0.4 is 5.32 Å². The highest BCUT2D eigenvalue weighted by Gasteiger charge is 2.44. The van der Waals surface area contributed by atoms with Crippen LogP contribution in [0, 0.1) is 0 Å². The summed E-state index contributed by atoms with van der Waals surface area (Å²) < 4.78 is 0. The van der Waals surface area contributed by atoms with Crippen molar-refractivity contribution in [1.29, 1.82) is 0 Å². The maximum absolute atomic E-state index is 12.2. The van der Waals surface area contributed by atoms with Gasteiger partial charge in [-0.2, -0.15) is 0 Å². The lowest BCUT2D eigenvalue weighted by Gasteiger charge is -2.18. The van der Waals surface area contributed by atoms with Crippen LogP contribution in [0.5, 0.6) is 0 Å². The highest BCUT2D eigenvalue weighted by Crippen LogP contribution is 2.22. The second kappa shape index (κ2) is 8.11. The van der Waals surface area contributed by atoms with Gasteiger partial charge in [-0.05, 0) is 25.0 Å². The standard InChI is InChI=1S/C17H20ClN3O4/c1-3-4-9-20-15(23)16(24)21(17(20)25)10-14(22)19-11(2)12-7-5-6-8-13(12)18/h5-8,11H,3-4,9-10H2,1-2H3,(H,19,22). The minimum Gasteiger partial charge on any atom is -0.348 e. The van der Waals surface area contributed by atoms with Crippen molar-refractivity contribution in [2.45, 2.75) is 32.7 Å². The summed E-state index contributed by atoms with van der Waals surface area (Å²) in [6.45, 7) is 3.33. The predicted molar refractivity (Wildman–Crippen MR) is 91.7 cm³/mol. The molecule has 1 N–H and O–H groups in total. The van der Waals surface area contributed by atoms with Crippen LogP contribution in [0.25, 0.3) is 0 Å². The third-order valence-corrected chi connectivity index (χ3v) is 4.27. The SMILES string of the molecule is CCCCN1C(=O)C(=O)N(CC(=O)NC(C)c2ccccc2Cl)C1=O. The van der Waals surface area contributed by atoms with Crippen molar-refractivity contribution in [1.82, 2.24) is 15.1 Å². The van der Waals surface area contributed by atoms with Crippen LogP contribution in [0.3, 0.4) is 0 Å². The Balaban J connectivity index is 2.00. The molecule has 0 aromatic heterocycles. The number of halogens is 1. The maximum Gasteiger partial charge on any atom is 0.334 e. The summed E-state index contributed by atoms with van der Waals surface area (Å²) in [4.78, 5) is 49.7. The first-order valence-corrected chi connectivity index (χ1v) is 8.45. The quantitative estimate of drug-likeness (QED) is 0.592. The van der Waals surface area contributed by atoms with Gasteiger partial charge < -0.3 is 5.32 Å². The number of urea groups is 1. The Kier molecular flexibility index (Phi) is 6.14. The summed E-state index contributed by atoms with van der Waals surface area (Å²) in [5.74, 6) is -2.40. The van der Waals surface area contributed by atoms with E-state index in [0.717, 1.165) is 16.9 Å². The van der Waals surface area contributed by atoms with Gasteiger partial charge in [0.25, 0.3) is 0 Å². The van der Waals surface area contributed by atoms with E-state index in [-0.39, 0.29) is 6.54 Å². The van der Waals surface area contributed by atoms with Crippen LogP contribution in [-0.4, -0.2) is 46.6 Å². The molecule has 8 heteroatoms. The molecular weight excluding hydrogens is 346 g/mol. The number of nitrogens with one attached hydrogen (secondary N) is 1. The molecule has 1 aromatic rings. The topological polar surface area (TPSA) is 86.8 Å². The third-order valence-electron chi connectivity index (χ3n) is 3.92. The average Bonchev–Trinajstić information content (AvgIpc) is 2.77. The molecule has 1 aromatic carbocycles. The number of hydrogen-bond donors (Lipinski definition) is 1. The molecule has 0 radical (unpaired) electrons. The molecular formula is C17H20ClN3O4. The lowest BCUT2D eigenvalue weighted by molar-refractivity contribution is -0.144. The second-order valence-electron chi connectivity index (χ2n) is 5.79. The minimum absolute atomic E-state index is 0.175. The van der Waals surface area contributed by atoms with Gasteiger partial charge in [-0.15, -0.1) is 0 Å². The first kappa shape index (κ1) is 18.9. The molecule has 134 valence electrons. The van der Waals surface area contributed by atoms with Crippen molar-refractivity contribution in [3.05, 3.63) is 34.9 Å². The van der Waals surface area contributed by atoms with Crippen LogP contribution in [0.2, 0.25) is 5.02 Å². The largest absolute Gasteiger partial charge is 0.348 e. The molecule has 0 aliphatic carbocycles. The normalized spacial score (nSPS) is 15.7. The number of nitrogens with zero attached hydrogens (tertiary/aromatic N) is 2. The Hall–Kier alpha value is -2.41. The summed E-state index contributed by atoms with van der Waals surface area (Å²) in [7, 11) is 0. The number of amides is 5. The molecule has 1 aliphatic heterocycles. The number of imide groups is 2. The molecule has 1 heterocycles. The summed E-state index contributed by atoms with van der Waals surface area (Å²) >= 11 is 6.08. The van der Waals surface area contributed by atoms with Crippen LogP contribution >= 0.6 is 11.6 Å². The number of unbranched alkanes of at least 4 members (excludes halogenated alkanes) is 1. The Morgan fingerprint density at radius 3 is 2.44 bits per heavy atom. The molecule has 5 amide bonds. The fourth-order valence-corrected chi connectivity index (χ4v) is 2.84. The molecule has 1 unspecified atom stereocenters.